The normalized spacial score (nSPS) is 12.5. The van der Waals surface area contributed by atoms with Crippen LogP contribution in [0.4, 0.5) is 0 Å². The molecule has 0 aliphatic carbocycles. The molecule has 7 nitrogen and oxygen atoms in total. The lowest BCUT2D eigenvalue weighted by molar-refractivity contribution is -0.134. The van der Waals surface area contributed by atoms with Crippen LogP contribution in [0.2, 0.25) is 0 Å². The van der Waals surface area contributed by atoms with Crippen LogP contribution in [0.1, 0.15) is 43.0 Å². The second kappa shape index (κ2) is 7.38. The third-order valence-corrected chi connectivity index (χ3v) is 4.18. The number of amides is 1. The van der Waals surface area contributed by atoms with E-state index in [1.807, 2.05) is 35.2 Å². The smallest absolute Gasteiger partial charge is 0.246 e. The Hall–Kier alpha value is -2.83. The minimum absolute atomic E-state index is 0.00768. The molecule has 3 rings (SSSR count). The second-order valence-electron chi connectivity index (χ2n) is 6.49. The second-order valence-corrected chi connectivity index (χ2v) is 6.49. The van der Waals surface area contributed by atoms with E-state index >= 15 is 0 Å². The molecule has 0 saturated heterocycles. The van der Waals surface area contributed by atoms with Gasteiger partial charge < -0.3 is 19.0 Å². The lowest BCUT2D eigenvalue weighted by Gasteiger charge is -2.24. The minimum Gasteiger partial charge on any atom is -0.359 e. The van der Waals surface area contributed by atoms with Crippen molar-refractivity contribution in [3.8, 4) is 0 Å². The van der Waals surface area contributed by atoms with Gasteiger partial charge in [0.15, 0.2) is 5.76 Å². The molecular formula is C18H23N5O2. The highest BCUT2D eigenvalue weighted by Gasteiger charge is 2.25. The molecule has 3 aromatic rings. The van der Waals surface area contributed by atoms with Gasteiger partial charge >= 0.3 is 0 Å². The van der Waals surface area contributed by atoms with Crippen LogP contribution >= 0.6 is 0 Å². The van der Waals surface area contributed by atoms with Gasteiger partial charge in [-0.05, 0) is 18.1 Å². The van der Waals surface area contributed by atoms with Crippen LogP contribution in [0.5, 0.6) is 0 Å². The van der Waals surface area contributed by atoms with Crippen molar-refractivity contribution in [3.05, 3.63) is 60.3 Å². The maximum absolute atomic E-state index is 13.0. The number of imidazole rings is 1. The van der Waals surface area contributed by atoms with Crippen LogP contribution in [0, 0.1) is 0 Å². The van der Waals surface area contributed by atoms with E-state index in [2.05, 4.69) is 29.0 Å². The summed E-state index contributed by atoms with van der Waals surface area (Å²) < 4.78 is 7.27. The predicted molar refractivity (Wildman–Crippen MR) is 92.8 cm³/mol. The van der Waals surface area contributed by atoms with Crippen LogP contribution in [-0.4, -0.2) is 37.5 Å². The molecule has 1 amide bonds. The molecule has 3 heterocycles. The Labute approximate surface area is 146 Å². The Kier molecular flexibility index (Phi) is 5.02. The standard InChI is InChI=1S/C18H23N5O2/c1-13(2)16-9-15(25-21-16)11-22(3)18(24)17(23-6-4-5-7-23)8-14-10-19-12-20-14/h4-7,9-10,12-13,17H,8,11H2,1-3H3,(H,19,20). The molecule has 0 aromatic carbocycles. The van der Waals surface area contributed by atoms with Crippen LogP contribution < -0.4 is 0 Å². The summed E-state index contributed by atoms with van der Waals surface area (Å²) in [6, 6.07) is 5.40. The van der Waals surface area contributed by atoms with Gasteiger partial charge in [0.05, 0.1) is 18.6 Å². The number of hydrogen-bond donors (Lipinski definition) is 1. The van der Waals surface area contributed by atoms with Gasteiger partial charge in [-0.25, -0.2) is 4.98 Å². The highest BCUT2D eigenvalue weighted by molar-refractivity contribution is 5.80. The first-order chi connectivity index (χ1) is 12.0. The Balaban J connectivity index is 1.74. The molecule has 0 radical (unpaired) electrons. The zero-order chi connectivity index (χ0) is 17.8. The van der Waals surface area contributed by atoms with Crippen molar-refractivity contribution in [2.45, 2.75) is 38.8 Å². The summed E-state index contributed by atoms with van der Waals surface area (Å²) in [7, 11) is 1.78. The monoisotopic (exact) mass is 341 g/mol. The van der Waals surface area contributed by atoms with E-state index in [0.717, 1.165) is 11.4 Å². The zero-order valence-electron chi connectivity index (χ0n) is 14.7. The number of carbonyl (C=O) groups is 1. The zero-order valence-corrected chi connectivity index (χ0v) is 14.7. The van der Waals surface area contributed by atoms with Crippen molar-refractivity contribution < 1.29 is 9.32 Å². The molecule has 1 unspecified atom stereocenters. The van der Waals surface area contributed by atoms with Gasteiger partial charge in [0.25, 0.3) is 0 Å². The molecule has 0 spiro atoms. The van der Waals surface area contributed by atoms with Gasteiger partial charge in [0.2, 0.25) is 5.91 Å². The number of rotatable bonds is 7. The lowest BCUT2D eigenvalue weighted by Crippen LogP contribution is -2.34. The number of aromatic nitrogens is 4. The van der Waals surface area contributed by atoms with Crippen molar-refractivity contribution in [2.24, 2.45) is 0 Å². The molecule has 25 heavy (non-hydrogen) atoms. The molecular weight excluding hydrogens is 318 g/mol. The van der Waals surface area contributed by atoms with Crippen LogP contribution in [-0.2, 0) is 17.8 Å². The summed E-state index contributed by atoms with van der Waals surface area (Å²) in [5, 5.41) is 4.05. The fourth-order valence-electron chi connectivity index (χ4n) is 2.72. The van der Waals surface area contributed by atoms with Gasteiger partial charge in [0.1, 0.15) is 6.04 Å². The quantitative estimate of drug-likeness (QED) is 0.716. The van der Waals surface area contributed by atoms with E-state index in [9.17, 15) is 4.79 Å². The van der Waals surface area contributed by atoms with Crippen molar-refractivity contribution in [1.82, 2.24) is 24.6 Å². The van der Waals surface area contributed by atoms with E-state index in [1.54, 1.807) is 24.5 Å². The van der Waals surface area contributed by atoms with Crippen LogP contribution in [0.3, 0.4) is 0 Å². The average Bonchev–Trinajstić information content (AvgIpc) is 3.33. The first kappa shape index (κ1) is 17.0. The maximum atomic E-state index is 13.0. The largest absolute Gasteiger partial charge is 0.359 e. The number of nitrogens with one attached hydrogen (secondary N) is 1. The first-order valence-electron chi connectivity index (χ1n) is 8.34. The number of nitrogens with zero attached hydrogens (tertiary/aromatic N) is 4. The summed E-state index contributed by atoms with van der Waals surface area (Å²) in [5.41, 5.74) is 1.82. The van der Waals surface area contributed by atoms with Gasteiger partial charge in [-0.15, -0.1) is 0 Å². The van der Waals surface area contributed by atoms with Crippen molar-refractivity contribution >= 4 is 5.91 Å². The predicted octanol–water partition coefficient (Wildman–Crippen LogP) is 2.77. The first-order valence-corrected chi connectivity index (χ1v) is 8.34. The minimum atomic E-state index is -0.340. The summed E-state index contributed by atoms with van der Waals surface area (Å²) in [5.74, 6) is 0.993. The highest BCUT2D eigenvalue weighted by Crippen LogP contribution is 2.19. The summed E-state index contributed by atoms with van der Waals surface area (Å²) >= 11 is 0. The average molecular weight is 341 g/mol. The highest BCUT2D eigenvalue weighted by atomic mass is 16.5. The third-order valence-electron chi connectivity index (χ3n) is 4.18. The number of carbonyl (C=O) groups excluding carboxylic acids is 1. The number of H-pyrrole nitrogens is 1. The molecule has 132 valence electrons. The Bertz CT molecular complexity index is 789. The molecule has 0 fully saturated rings. The van der Waals surface area contributed by atoms with Crippen molar-refractivity contribution in [1.29, 1.82) is 0 Å². The van der Waals surface area contributed by atoms with Gasteiger partial charge in [0, 0.05) is 43.8 Å². The Morgan fingerprint density at radius 3 is 2.72 bits per heavy atom. The fraction of sp³-hybridized carbons (Fsp3) is 0.389. The van der Waals surface area contributed by atoms with Crippen molar-refractivity contribution in [2.75, 3.05) is 7.05 Å². The third kappa shape index (κ3) is 3.99. The fourth-order valence-corrected chi connectivity index (χ4v) is 2.72. The summed E-state index contributed by atoms with van der Waals surface area (Å²) in [4.78, 5) is 21.8. The number of hydrogen-bond acceptors (Lipinski definition) is 4. The lowest BCUT2D eigenvalue weighted by atomic mass is 10.1. The topological polar surface area (TPSA) is 80.0 Å². The van der Waals surface area contributed by atoms with Crippen LogP contribution in [0.15, 0.2) is 47.6 Å². The SMILES string of the molecule is CC(C)c1cc(CN(C)C(=O)C(Cc2cnc[nH]2)n2cccc2)on1. The van der Waals surface area contributed by atoms with E-state index in [1.165, 1.54) is 0 Å². The number of likely N-dealkylation sites (N-methyl/N-ethyl adjacent to an activating group) is 1. The molecule has 7 heteroatoms. The van der Waals surface area contributed by atoms with Crippen LogP contribution in [0.25, 0.3) is 0 Å². The van der Waals surface area contributed by atoms with Gasteiger partial charge in [-0.3, -0.25) is 4.79 Å². The molecule has 0 aliphatic rings. The molecule has 3 aromatic heterocycles. The summed E-state index contributed by atoms with van der Waals surface area (Å²) in [6.45, 7) is 4.51. The Morgan fingerprint density at radius 1 is 1.36 bits per heavy atom. The van der Waals surface area contributed by atoms with E-state index in [4.69, 9.17) is 4.52 Å². The molecule has 0 aliphatic heterocycles. The van der Waals surface area contributed by atoms with E-state index < -0.39 is 0 Å². The molecule has 1 N–H and O–H groups in total. The van der Waals surface area contributed by atoms with E-state index in [0.29, 0.717) is 24.6 Å². The van der Waals surface area contributed by atoms with E-state index in [-0.39, 0.29) is 11.9 Å². The maximum Gasteiger partial charge on any atom is 0.246 e. The number of aromatic amines is 1. The molecule has 0 saturated carbocycles. The summed E-state index contributed by atoms with van der Waals surface area (Å²) in [6.07, 6.45) is 7.72. The van der Waals surface area contributed by atoms with Gasteiger partial charge in [-0.2, -0.15) is 0 Å². The molecule has 0 bridgehead atoms. The molecule has 1 atom stereocenters. The Morgan fingerprint density at radius 2 is 2.12 bits per heavy atom. The van der Waals surface area contributed by atoms with Gasteiger partial charge in [-0.1, -0.05) is 19.0 Å². The van der Waals surface area contributed by atoms with Crippen molar-refractivity contribution in [3.63, 3.8) is 0 Å².